The quantitative estimate of drug-likeness (QED) is 0.737. The van der Waals surface area contributed by atoms with E-state index in [2.05, 4.69) is 0 Å². The van der Waals surface area contributed by atoms with Crippen molar-refractivity contribution in [1.82, 2.24) is 4.90 Å². The molecule has 0 aliphatic rings. The molecule has 0 saturated heterocycles. The monoisotopic (exact) mass is 280 g/mol. The number of methoxy groups -OCH3 is 1. The zero-order chi connectivity index (χ0) is 15.1. The summed E-state index contributed by atoms with van der Waals surface area (Å²) in [6, 6.07) is 7.55. The third-order valence-corrected chi connectivity index (χ3v) is 3.26. The van der Waals surface area contributed by atoms with Crippen LogP contribution in [-0.2, 0) is 9.53 Å². The van der Waals surface area contributed by atoms with Crippen molar-refractivity contribution in [1.29, 1.82) is 0 Å². The second kappa shape index (κ2) is 7.87. The largest absolute Gasteiger partial charge is 0.399 e. The summed E-state index contributed by atoms with van der Waals surface area (Å²) in [6.45, 7) is 2.51. The van der Waals surface area contributed by atoms with Crippen LogP contribution in [0.4, 0.5) is 5.69 Å². The number of carbonyl (C=O) groups is 1. The van der Waals surface area contributed by atoms with Crippen LogP contribution in [0.3, 0.4) is 0 Å². The second-order valence-corrected chi connectivity index (χ2v) is 5.16. The third-order valence-electron chi connectivity index (χ3n) is 3.26. The van der Waals surface area contributed by atoms with E-state index in [1.807, 2.05) is 31.2 Å². The van der Waals surface area contributed by atoms with Crippen LogP contribution in [0.15, 0.2) is 24.3 Å². The van der Waals surface area contributed by atoms with Gasteiger partial charge in [0.05, 0.1) is 12.7 Å². The SMILES string of the molecule is COCC(O)CN(C)C(=O)CC(C)c1ccc(N)cc1. The van der Waals surface area contributed by atoms with Gasteiger partial charge in [0.25, 0.3) is 0 Å². The van der Waals surface area contributed by atoms with Crippen molar-refractivity contribution in [2.45, 2.75) is 25.4 Å². The molecule has 0 aliphatic heterocycles. The molecule has 0 radical (unpaired) electrons. The number of nitrogens with zero attached hydrogens (tertiary/aromatic N) is 1. The van der Waals surface area contributed by atoms with Crippen LogP contribution in [0.1, 0.15) is 24.8 Å². The standard InChI is InChI=1S/C15H24N2O3/c1-11(12-4-6-13(16)7-5-12)8-15(19)17(2)9-14(18)10-20-3/h4-7,11,14,18H,8-10,16H2,1-3H3. The lowest BCUT2D eigenvalue weighted by molar-refractivity contribution is -0.131. The Balaban J connectivity index is 2.50. The molecule has 1 aromatic rings. The molecular formula is C15H24N2O3. The zero-order valence-electron chi connectivity index (χ0n) is 12.4. The number of rotatable bonds is 7. The van der Waals surface area contributed by atoms with Crippen molar-refractivity contribution in [2.24, 2.45) is 0 Å². The van der Waals surface area contributed by atoms with Crippen LogP contribution in [0, 0.1) is 0 Å². The topological polar surface area (TPSA) is 75.8 Å². The fourth-order valence-electron chi connectivity index (χ4n) is 2.02. The van der Waals surface area contributed by atoms with E-state index >= 15 is 0 Å². The molecule has 5 heteroatoms. The maximum absolute atomic E-state index is 12.1. The number of nitrogens with two attached hydrogens (primary N) is 1. The minimum absolute atomic E-state index is 0.00415. The van der Waals surface area contributed by atoms with Crippen molar-refractivity contribution >= 4 is 11.6 Å². The van der Waals surface area contributed by atoms with E-state index in [0.717, 1.165) is 5.56 Å². The fraction of sp³-hybridized carbons (Fsp3) is 0.533. The van der Waals surface area contributed by atoms with Crippen LogP contribution < -0.4 is 5.73 Å². The number of anilines is 1. The number of hydrogen-bond acceptors (Lipinski definition) is 4. The second-order valence-electron chi connectivity index (χ2n) is 5.16. The molecule has 0 fully saturated rings. The van der Waals surface area contributed by atoms with Crippen LogP contribution in [0.25, 0.3) is 0 Å². The Morgan fingerprint density at radius 3 is 2.55 bits per heavy atom. The number of amides is 1. The Hall–Kier alpha value is -1.59. The third kappa shape index (κ3) is 5.19. The number of nitrogen functional groups attached to an aromatic ring is 1. The number of ether oxygens (including phenoxy) is 1. The first kappa shape index (κ1) is 16.5. The fourth-order valence-corrected chi connectivity index (χ4v) is 2.02. The van der Waals surface area contributed by atoms with Gasteiger partial charge < -0.3 is 20.5 Å². The normalized spacial score (nSPS) is 13.8. The van der Waals surface area contributed by atoms with E-state index in [4.69, 9.17) is 10.5 Å². The minimum atomic E-state index is -0.652. The van der Waals surface area contributed by atoms with Crippen LogP contribution >= 0.6 is 0 Å². The molecule has 0 heterocycles. The summed E-state index contributed by atoms with van der Waals surface area (Å²) < 4.78 is 4.85. The summed E-state index contributed by atoms with van der Waals surface area (Å²) in [6.07, 6.45) is -0.249. The molecule has 112 valence electrons. The molecule has 0 bridgehead atoms. The zero-order valence-corrected chi connectivity index (χ0v) is 12.4. The van der Waals surface area contributed by atoms with E-state index in [1.54, 1.807) is 7.05 Å². The molecule has 0 spiro atoms. The Bertz CT molecular complexity index is 420. The predicted octanol–water partition coefficient (Wildman–Crippen LogP) is 1.23. The summed E-state index contributed by atoms with van der Waals surface area (Å²) in [5.74, 6) is 0.120. The highest BCUT2D eigenvalue weighted by molar-refractivity contribution is 5.76. The summed E-state index contributed by atoms with van der Waals surface area (Å²) in [5, 5.41) is 9.62. The van der Waals surface area contributed by atoms with Gasteiger partial charge in [0.2, 0.25) is 5.91 Å². The molecule has 0 saturated carbocycles. The average molecular weight is 280 g/mol. The maximum atomic E-state index is 12.1. The van der Waals surface area contributed by atoms with Crippen LogP contribution in [0.2, 0.25) is 0 Å². The summed E-state index contributed by atoms with van der Waals surface area (Å²) in [5.41, 5.74) is 7.44. The number of aliphatic hydroxyl groups is 1. The Morgan fingerprint density at radius 2 is 2.00 bits per heavy atom. The molecule has 0 aromatic heterocycles. The lowest BCUT2D eigenvalue weighted by Crippen LogP contribution is -2.36. The Labute approximate surface area is 120 Å². The lowest BCUT2D eigenvalue weighted by Gasteiger charge is -2.22. The van der Waals surface area contributed by atoms with Gasteiger partial charge in [-0.2, -0.15) is 0 Å². The van der Waals surface area contributed by atoms with Gasteiger partial charge in [-0.1, -0.05) is 19.1 Å². The van der Waals surface area contributed by atoms with Gasteiger partial charge in [-0.05, 0) is 23.6 Å². The van der Waals surface area contributed by atoms with Crippen molar-refractivity contribution in [3.05, 3.63) is 29.8 Å². The molecule has 2 atom stereocenters. The number of hydrogen-bond donors (Lipinski definition) is 2. The van der Waals surface area contributed by atoms with Gasteiger partial charge in [-0.25, -0.2) is 0 Å². The molecule has 20 heavy (non-hydrogen) atoms. The molecule has 5 nitrogen and oxygen atoms in total. The Kier molecular flexibility index (Phi) is 6.48. The first-order chi connectivity index (χ1) is 9.43. The van der Waals surface area contributed by atoms with Crippen molar-refractivity contribution in [2.75, 3.05) is 33.0 Å². The first-order valence-electron chi connectivity index (χ1n) is 6.70. The first-order valence-corrected chi connectivity index (χ1v) is 6.70. The molecule has 3 N–H and O–H groups in total. The van der Waals surface area contributed by atoms with E-state index in [9.17, 15) is 9.90 Å². The van der Waals surface area contributed by atoms with Gasteiger partial charge in [-0.15, -0.1) is 0 Å². The molecular weight excluding hydrogens is 256 g/mol. The molecule has 1 rings (SSSR count). The number of carbonyl (C=O) groups excluding carboxylic acids is 1. The van der Waals surface area contributed by atoms with Crippen LogP contribution in [0.5, 0.6) is 0 Å². The number of likely N-dealkylation sites (N-methyl/N-ethyl adjacent to an activating group) is 1. The highest BCUT2D eigenvalue weighted by atomic mass is 16.5. The molecule has 2 unspecified atom stereocenters. The Morgan fingerprint density at radius 1 is 1.40 bits per heavy atom. The van der Waals surface area contributed by atoms with E-state index < -0.39 is 6.10 Å². The van der Waals surface area contributed by atoms with E-state index in [1.165, 1.54) is 12.0 Å². The van der Waals surface area contributed by atoms with Gasteiger partial charge in [0.1, 0.15) is 0 Å². The highest BCUT2D eigenvalue weighted by Gasteiger charge is 2.17. The van der Waals surface area contributed by atoms with Gasteiger partial charge in [-0.3, -0.25) is 4.79 Å². The van der Waals surface area contributed by atoms with Gasteiger partial charge >= 0.3 is 0 Å². The van der Waals surface area contributed by atoms with Crippen molar-refractivity contribution in [3.63, 3.8) is 0 Å². The molecule has 1 aromatic carbocycles. The van der Waals surface area contributed by atoms with Crippen molar-refractivity contribution < 1.29 is 14.6 Å². The molecule has 0 aliphatic carbocycles. The van der Waals surface area contributed by atoms with Crippen LogP contribution in [-0.4, -0.2) is 49.3 Å². The van der Waals surface area contributed by atoms with E-state index in [0.29, 0.717) is 12.1 Å². The van der Waals surface area contributed by atoms with E-state index in [-0.39, 0.29) is 25.0 Å². The van der Waals surface area contributed by atoms with Crippen molar-refractivity contribution in [3.8, 4) is 0 Å². The summed E-state index contributed by atoms with van der Waals surface area (Å²) in [4.78, 5) is 13.6. The summed E-state index contributed by atoms with van der Waals surface area (Å²) in [7, 11) is 3.21. The highest BCUT2D eigenvalue weighted by Crippen LogP contribution is 2.20. The lowest BCUT2D eigenvalue weighted by atomic mass is 9.97. The predicted molar refractivity (Wildman–Crippen MR) is 79.4 cm³/mol. The minimum Gasteiger partial charge on any atom is -0.399 e. The van der Waals surface area contributed by atoms with Gasteiger partial charge in [0, 0.05) is 32.8 Å². The smallest absolute Gasteiger partial charge is 0.223 e. The van der Waals surface area contributed by atoms with Gasteiger partial charge in [0.15, 0.2) is 0 Å². The summed E-state index contributed by atoms with van der Waals surface area (Å²) >= 11 is 0. The number of aliphatic hydroxyl groups excluding tert-OH is 1. The maximum Gasteiger partial charge on any atom is 0.223 e. The molecule has 1 amide bonds. The average Bonchev–Trinajstić information content (AvgIpc) is 2.39. The number of benzene rings is 1.